The smallest absolute Gasteiger partial charge is 0.0395 e. The number of rotatable bonds is 1. The SMILES string of the molecule is CPN=S. The molecule has 0 saturated carbocycles. The molecule has 0 spiro atoms. The fourth-order valence-electron chi connectivity index (χ4n) is 0. The van der Waals surface area contributed by atoms with Gasteiger partial charge in [0.25, 0.3) is 0 Å². The normalized spacial score (nSPS) is 9.25. The van der Waals surface area contributed by atoms with Gasteiger partial charge in [0.15, 0.2) is 0 Å². The zero-order valence-electron chi connectivity index (χ0n) is 2.36. The van der Waals surface area contributed by atoms with Crippen LogP contribution in [0.3, 0.4) is 0 Å². The summed E-state index contributed by atoms with van der Waals surface area (Å²) in [6.07, 6.45) is 0. The van der Waals surface area contributed by atoms with Gasteiger partial charge in [0, 0.05) is 21.2 Å². The predicted octanol–water partition coefficient (Wildman–Crippen LogP) is 0.940. The Morgan fingerprint density at radius 2 is 2.25 bits per heavy atom. The summed E-state index contributed by atoms with van der Waals surface area (Å²) in [5.41, 5.74) is 0. The Morgan fingerprint density at radius 3 is 2.25 bits per heavy atom. The molecule has 0 aliphatic heterocycles. The molecule has 1 atom stereocenters. The monoisotopic (exact) mass is 93.0 g/mol. The van der Waals surface area contributed by atoms with Crippen molar-refractivity contribution in [3.63, 3.8) is 0 Å². The van der Waals surface area contributed by atoms with Crippen molar-refractivity contribution in [2.45, 2.75) is 0 Å². The van der Waals surface area contributed by atoms with Crippen molar-refractivity contribution < 1.29 is 0 Å². The highest BCUT2D eigenvalue weighted by atomic mass is 32.1. The van der Waals surface area contributed by atoms with E-state index in [2.05, 4.69) is 16.6 Å². The van der Waals surface area contributed by atoms with E-state index in [9.17, 15) is 0 Å². The van der Waals surface area contributed by atoms with Crippen LogP contribution in [-0.4, -0.2) is 6.66 Å². The van der Waals surface area contributed by atoms with E-state index in [1.165, 1.54) is 0 Å². The van der Waals surface area contributed by atoms with Crippen LogP contribution in [0.5, 0.6) is 0 Å². The minimum atomic E-state index is 0.580. The van der Waals surface area contributed by atoms with E-state index in [1.54, 1.807) is 0 Å². The molecule has 0 aromatic heterocycles. The van der Waals surface area contributed by atoms with E-state index in [0.717, 1.165) is 0 Å². The van der Waals surface area contributed by atoms with Crippen molar-refractivity contribution >= 4 is 21.2 Å². The van der Waals surface area contributed by atoms with Crippen LogP contribution in [0.25, 0.3) is 0 Å². The fourth-order valence-corrected chi connectivity index (χ4v) is 0. The molecule has 0 rings (SSSR count). The quantitative estimate of drug-likeness (QED) is 0.439. The average molecular weight is 93.1 g/mol. The number of nitrogens with zero attached hydrogens (tertiary/aromatic N) is 1. The maximum Gasteiger partial charge on any atom is 0.0395 e. The molecular formula is CH4NPS. The zero-order valence-corrected chi connectivity index (χ0v) is 4.17. The van der Waals surface area contributed by atoms with Gasteiger partial charge in [-0.2, -0.15) is 4.13 Å². The number of hydrogen-bond donors (Lipinski definition) is 0. The van der Waals surface area contributed by atoms with Crippen LogP contribution < -0.4 is 0 Å². The van der Waals surface area contributed by atoms with Crippen LogP contribution in [0.15, 0.2) is 4.13 Å². The molecular weight excluding hydrogens is 89.1 g/mol. The average Bonchev–Trinajstić information content (AvgIpc) is 1.37. The van der Waals surface area contributed by atoms with Crippen molar-refractivity contribution in [2.24, 2.45) is 4.13 Å². The maximum atomic E-state index is 4.19. The van der Waals surface area contributed by atoms with E-state index < -0.39 is 0 Å². The summed E-state index contributed by atoms with van der Waals surface area (Å²) in [6.45, 7) is 1.94. The predicted molar refractivity (Wildman–Crippen MR) is 24.0 cm³/mol. The molecule has 4 heavy (non-hydrogen) atoms. The fraction of sp³-hybridized carbons (Fsp3) is 1.00. The van der Waals surface area contributed by atoms with E-state index in [4.69, 9.17) is 0 Å². The third-order valence-electron chi connectivity index (χ3n) is 0.0913. The molecule has 0 bridgehead atoms. The lowest BCUT2D eigenvalue weighted by molar-refractivity contribution is 2.05. The van der Waals surface area contributed by atoms with E-state index in [0.29, 0.717) is 8.73 Å². The van der Waals surface area contributed by atoms with Crippen LogP contribution in [-0.2, 0) is 12.4 Å². The van der Waals surface area contributed by atoms with Crippen molar-refractivity contribution in [1.29, 1.82) is 0 Å². The van der Waals surface area contributed by atoms with E-state index in [1.807, 2.05) is 6.66 Å². The van der Waals surface area contributed by atoms with E-state index in [-0.39, 0.29) is 0 Å². The van der Waals surface area contributed by atoms with Gasteiger partial charge in [-0.15, -0.1) is 0 Å². The van der Waals surface area contributed by atoms with Crippen LogP contribution in [0.2, 0.25) is 0 Å². The molecule has 0 aromatic rings. The molecule has 1 nitrogen and oxygen atoms in total. The topological polar surface area (TPSA) is 12.4 Å². The Hall–Kier alpha value is 0.450. The van der Waals surface area contributed by atoms with Crippen molar-refractivity contribution in [3.8, 4) is 0 Å². The Labute approximate surface area is 32.8 Å². The lowest BCUT2D eigenvalue weighted by Gasteiger charge is -1.57. The van der Waals surface area contributed by atoms with Gasteiger partial charge >= 0.3 is 0 Å². The van der Waals surface area contributed by atoms with Crippen molar-refractivity contribution in [1.82, 2.24) is 0 Å². The van der Waals surface area contributed by atoms with Crippen LogP contribution in [0.4, 0.5) is 0 Å². The summed E-state index contributed by atoms with van der Waals surface area (Å²) in [6, 6.07) is 0. The van der Waals surface area contributed by atoms with Crippen molar-refractivity contribution in [3.05, 3.63) is 0 Å². The second-order valence-electron chi connectivity index (χ2n) is 0.315. The van der Waals surface area contributed by atoms with E-state index >= 15 is 0 Å². The van der Waals surface area contributed by atoms with Gasteiger partial charge in [-0.3, -0.25) is 0 Å². The third-order valence-corrected chi connectivity index (χ3v) is 0.822. The highest BCUT2D eigenvalue weighted by Gasteiger charge is 1.46. The minimum absolute atomic E-state index is 0.580. The van der Waals surface area contributed by atoms with Gasteiger partial charge in [-0.25, -0.2) is 0 Å². The first-order valence-electron chi connectivity index (χ1n) is 0.906. The first-order valence-corrected chi connectivity index (χ1v) is 2.72. The molecule has 0 aliphatic carbocycles. The molecule has 1 unspecified atom stereocenters. The largest absolute Gasteiger partial charge is 0.200 e. The Kier molecular flexibility index (Phi) is 3.84. The van der Waals surface area contributed by atoms with Crippen LogP contribution in [0, 0.1) is 0 Å². The molecule has 24 valence electrons. The Balaban J connectivity index is 2.30. The molecule has 3 heteroatoms. The molecule has 0 aromatic carbocycles. The molecule has 0 heterocycles. The van der Waals surface area contributed by atoms with Crippen LogP contribution >= 0.6 is 8.73 Å². The number of hydrogen-bond acceptors (Lipinski definition) is 2. The lowest BCUT2D eigenvalue weighted by Crippen LogP contribution is -1.19. The Bertz CT molecular complexity index is 22.0. The third kappa shape index (κ3) is 2.45. The summed E-state index contributed by atoms with van der Waals surface area (Å²) in [5.74, 6) is 0. The summed E-state index contributed by atoms with van der Waals surface area (Å²) in [5, 5.41) is 0. The van der Waals surface area contributed by atoms with Gasteiger partial charge in [-0.05, 0) is 6.66 Å². The minimum Gasteiger partial charge on any atom is -0.200 e. The summed E-state index contributed by atoms with van der Waals surface area (Å²) in [4.78, 5) is 0. The van der Waals surface area contributed by atoms with Crippen LogP contribution in [0.1, 0.15) is 0 Å². The summed E-state index contributed by atoms with van der Waals surface area (Å²) in [7, 11) is 0.580. The first-order chi connectivity index (χ1) is 1.91. The summed E-state index contributed by atoms with van der Waals surface area (Å²) < 4.78 is 3.35. The maximum absolute atomic E-state index is 4.19. The van der Waals surface area contributed by atoms with Crippen molar-refractivity contribution in [2.75, 3.05) is 6.66 Å². The standard InChI is InChI=1S/CH4NPS/c1-3-2-4/h3H,1H3. The molecule has 0 fully saturated rings. The molecule has 0 radical (unpaired) electrons. The molecule has 0 N–H and O–H groups in total. The highest BCUT2D eigenvalue weighted by molar-refractivity contribution is 7.55. The molecule has 0 amide bonds. The second kappa shape index (κ2) is 3.45. The zero-order chi connectivity index (χ0) is 3.41. The van der Waals surface area contributed by atoms with Gasteiger partial charge in [0.05, 0.1) is 0 Å². The van der Waals surface area contributed by atoms with Gasteiger partial charge in [-0.1, -0.05) is 0 Å². The van der Waals surface area contributed by atoms with Gasteiger partial charge in [0.1, 0.15) is 0 Å². The summed E-state index contributed by atoms with van der Waals surface area (Å²) >= 11 is 4.19. The second-order valence-corrected chi connectivity index (χ2v) is 1.49. The lowest BCUT2D eigenvalue weighted by atomic mass is 12.0. The first kappa shape index (κ1) is 4.45. The Morgan fingerprint density at radius 1 is 2.00 bits per heavy atom. The molecule has 0 aliphatic rings. The molecule has 0 saturated heterocycles. The van der Waals surface area contributed by atoms with Gasteiger partial charge in [0.2, 0.25) is 0 Å². The highest BCUT2D eigenvalue weighted by Crippen LogP contribution is 1.97. The van der Waals surface area contributed by atoms with Gasteiger partial charge < -0.3 is 0 Å².